The molecular formula is C21H28N2O4S2. The number of nitrogens with zero attached hydrogens (tertiary/aromatic N) is 1. The minimum Gasteiger partial charge on any atom is -0.495 e. The molecule has 158 valence electrons. The SMILES string of the molecule is COc1ccc(NC(=O)CSc2ccc(C(C)(C)C)cc2)cc1S(=O)(=O)N(C)C. The Kier molecular flexibility index (Phi) is 7.37. The second kappa shape index (κ2) is 9.19. The van der Waals surface area contributed by atoms with Gasteiger partial charge in [-0.1, -0.05) is 32.9 Å². The van der Waals surface area contributed by atoms with E-state index in [1.807, 2.05) is 12.1 Å². The Hall–Kier alpha value is -2.03. The lowest BCUT2D eigenvalue weighted by atomic mass is 9.87. The molecule has 6 nitrogen and oxygen atoms in total. The molecule has 8 heteroatoms. The predicted octanol–water partition coefficient (Wildman–Crippen LogP) is 3.97. The van der Waals surface area contributed by atoms with Gasteiger partial charge < -0.3 is 10.1 Å². The van der Waals surface area contributed by atoms with Crippen LogP contribution in [-0.4, -0.2) is 45.6 Å². The van der Waals surface area contributed by atoms with Crippen LogP contribution in [0, 0.1) is 0 Å². The van der Waals surface area contributed by atoms with Crippen molar-refractivity contribution in [2.75, 3.05) is 32.3 Å². The van der Waals surface area contributed by atoms with Crippen LogP contribution in [-0.2, 0) is 20.2 Å². The summed E-state index contributed by atoms with van der Waals surface area (Å²) >= 11 is 1.43. The maximum Gasteiger partial charge on any atom is 0.246 e. The van der Waals surface area contributed by atoms with Crippen LogP contribution in [0.5, 0.6) is 5.75 Å². The molecule has 0 radical (unpaired) electrons. The molecule has 0 aliphatic rings. The summed E-state index contributed by atoms with van der Waals surface area (Å²) in [6.07, 6.45) is 0. The van der Waals surface area contributed by atoms with Gasteiger partial charge in [0.05, 0.1) is 12.9 Å². The zero-order valence-electron chi connectivity index (χ0n) is 17.6. The Labute approximate surface area is 177 Å². The smallest absolute Gasteiger partial charge is 0.246 e. The van der Waals surface area contributed by atoms with E-state index in [1.165, 1.54) is 50.7 Å². The lowest BCUT2D eigenvalue weighted by Crippen LogP contribution is -2.23. The number of carbonyl (C=O) groups is 1. The lowest BCUT2D eigenvalue weighted by molar-refractivity contribution is -0.113. The highest BCUT2D eigenvalue weighted by Crippen LogP contribution is 2.29. The van der Waals surface area contributed by atoms with E-state index < -0.39 is 10.0 Å². The molecule has 0 saturated carbocycles. The third-order valence-corrected chi connectivity index (χ3v) is 7.14. The van der Waals surface area contributed by atoms with Gasteiger partial charge in [0, 0.05) is 24.7 Å². The number of rotatable bonds is 7. The average molecular weight is 437 g/mol. The molecule has 0 atom stereocenters. The van der Waals surface area contributed by atoms with Crippen molar-refractivity contribution in [3.63, 3.8) is 0 Å². The first-order valence-corrected chi connectivity index (χ1v) is 11.5. The van der Waals surface area contributed by atoms with E-state index in [9.17, 15) is 13.2 Å². The van der Waals surface area contributed by atoms with Crippen LogP contribution in [0.2, 0.25) is 0 Å². The fraction of sp³-hybridized carbons (Fsp3) is 0.381. The maximum atomic E-state index is 12.5. The number of hydrogen-bond acceptors (Lipinski definition) is 5. The van der Waals surface area contributed by atoms with Crippen molar-refractivity contribution in [1.82, 2.24) is 4.31 Å². The van der Waals surface area contributed by atoms with E-state index >= 15 is 0 Å². The van der Waals surface area contributed by atoms with E-state index in [2.05, 4.69) is 38.2 Å². The van der Waals surface area contributed by atoms with Gasteiger partial charge in [0.1, 0.15) is 10.6 Å². The standard InChI is InChI=1S/C21H28N2O4S2/c1-21(2,3)15-7-10-17(11-8-15)28-14-20(24)22-16-9-12-18(27-6)19(13-16)29(25,26)23(4)5/h7-13H,14H2,1-6H3,(H,22,24). The lowest BCUT2D eigenvalue weighted by Gasteiger charge is -2.19. The number of nitrogens with one attached hydrogen (secondary N) is 1. The van der Waals surface area contributed by atoms with Crippen LogP contribution < -0.4 is 10.1 Å². The van der Waals surface area contributed by atoms with Gasteiger partial charge in [0.2, 0.25) is 15.9 Å². The van der Waals surface area contributed by atoms with E-state index in [4.69, 9.17) is 4.74 Å². The van der Waals surface area contributed by atoms with Gasteiger partial charge in [-0.15, -0.1) is 11.8 Å². The van der Waals surface area contributed by atoms with Crippen molar-refractivity contribution in [2.24, 2.45) is 0 Å². The predicted molar refractivity (Wildman–Crippen MR) is 118 cm³/mol. The molecule has 0 saturated heterocycles. The number of methoxy groups -OCH3 is 1. The molecule has 0 unspecified atom stereocenters. The van der Waals surface area contributed by atoms with E-state index in [1.54, 1.807) is 6.07 Å². The highest BCUT2D eigenvalue weighted by molar-refractivity contribution is 8.00. The summed E-state index contributed by atoms with van der Waals surface area (Å²) in [6.45, 7) is 6.46. The summed E-state index contributed by atoms with van der Waals surface area (Å²) in [5, 5.41) is 2.75. The first-order valence-electron chi connectivity index (χ1n) is 9.09. The highest BCUT2D eigenvalue weighted by Gasteiger charge is 2.23. The summed E-state index contributed by atoms with van der Waals surface area (Å²) in [7, 11) is 0.601. The molecule has 0 aromatic heterocycles. The molecule has 1 amide bonds. The molecule has 0 fully saturated rings. The van der Waals surface area contributed by atoms with Crippen LogP contribution >= 0.6 is 11.8 Å². The summed E-state index contributed by atoms with van der Waals surface area (Å²) in [5.74, 6) is 0.231. The first-order chi connectivity index (χ1) is 13.4. The first kappa shape index (κ1) is 23.3. The van der Waals surface area contributed by atoms with Crippen molar-refractivity contribution in [1.29, 1.82) is 0 Å². The van der Waals surface area contributed by atoms with Gasteiger partial charge in [0.15, 0.2) is 0 Å². The summed E-state index contributed by atoms with van der Waals surface area (Å²) in [6, 6.07) is 12.7. The summed E-state index contributed by atoms with van der Waals surface area (Å²) in [4.78, 5) is 13.3. The molecule has 0 aliphatic heterocycles. The van der Waals surface area contributed by atoms with Crippen molar-refractivity contribution >= 4 is 33.4 Å². The molecular weight excluding hydrogens is 408 g/mol. The van der Waals surface area contributed by atoms with Crippen molar-refractivity contribution in [2.45, 2.75) is 36.0 Å². The number of anilines is 1. The molecule has 0 spiro atoms. The number of sulfonamides is 1. The van der Waals surface area contributed by atoms with E-state index in [-0.39, 0.29) is 27.7 Å². The largest absolute Gasteiger partial charge is 0.495 e. The topological polar surface area (TPSA) is 75.7 Å². The maximum absolute atomic E-state index is 12.5. The van der Waals surface area contributed by atoms with E-state index in [0.717, 1.165) is 9.20 Å². The molecule has 0 aliphatic carbocycles. The number of carbonyl (C=O) groups excluding carboxylic acids is 1. The van der Waals surface area contributed by atoms with E-state index in [0.29, 0.717) is 5.69 Å². The minimum atomic E-state index is -3.70. The molecule has 1 N–H and O–H groups in total. The van der Waals surface area contributed by atoms with Gasteiger partial charge in [-0.2, -0.15) is 0 Å². The van der Waals surface area contributed by atoms with Crippen LogP contribution in [0.25, 0.3) is 0 Å². The van der Waals surface area contributed by atoms with Crippen LogP contribution in [0.1, 0.15) is 26.3 Å². The molecule has 2 aromatic rings. The average Bonchev–Trinajstić information content (AvgIpc) is 2.65. The Balaban J connectivity index is 2.07. The molecule has 0 bridgehead atoms. The highest BCUT2D eigenvalue weighted by atomic mass is 32.2. The third kappa shape index (κ3) is 5.98. The molecule has 29 heavy (non-hydrogen) atoms. The number of amides is 1. The number of benzene rings is 2. The molecule has 0 heterocycles. The zero-order chi connectivity index (χ0) is 21.8. The number of thioether (sulfide) groups is 1. The Morgan fingerprint density at radius 2 is 1.72 bits per heavy atom. The van der Waals surface area contributed by atoms with Gasteiger partial charge >= 0.3 is 0 Å². The second-order valence-electron chi connectivity index (χ2n) is 7.76. The third-order valence-electron chi connectivity index (χ3n) is 4.30. The normalized spacial score (nSPS) is 12.1. The summed E-state index contributed by atoms with van der Waals surface area (Å²) in [5.41, 5.74) is 1.72. The minimum absolute atomic E-state index is 0.00761. The van der Waals surface area contributed by atoms with Gasteiger partial charge in [0.25, 0.3) is 0 Å². The second-order valence-corrected chi connectivity index (χ2v) is 10.9. The van der Waals surface area contributed by atoms with Gasteiger partial charge in [-0.05, 0) is 41.3 Å². The zero-order valence-corrected chi connectivity index (χ0v) is 19.3. The monoisotopic (exact) mass is 436 g/mol. The molecule has 2 rings (SSSR count). The van der Waals surface area contributed by atoms with Gasteiger partial charge in [-0.3, -0.25) is 4.79 Å². The van der Waals surface area contributed by atoms with Crippen LogP contribution in [0.4, 0.5) is 5.69 Å². The quantitative estimate of drug-likeness (QED) is 0.665. The Morgan fingerprint density at radius 1 is 1.10 bits per heavy atom. The number of ether oxygens (including phenoxy) is 1. The van der Waals surface area contributed by atoms with Crippen LogP contribution in [0.15, 0.2) is 52.3 Å². The number of hydrogen-bond donors (Lipinski definition) is 1. The van der Waals surface area contributed by atoms with Crippen molar-refractivity contribution < 1.29 is 17.9 Å². The fourth-order valence-electron chi connectivity index (χ4n) is 2.55. The molecule has 2 aromatic carbocycles. The van der Waals surface area contributed by atoms with Crippen molar-refractivity contribution in [3.8, 4) is 5.75 Å². The fourth-order valence-corrected chi connectivity index (χ4v) is 4.32. The Morgan fingerprint density at radius 3 is 2.24 bits per heavy atom. The van der Waals surface area contributed by atoms with Crippen LogP contribution in [0.3, 0.4) is 0 Å². The summed E-state index contributed by atoms with van der Waals surface area (Å²) < 4.78 is 31.2. The Bertz CT molecular complexity index is 963. The van der Waals surface area contributed by atoms with Gasteiger partial charge in [-0.25, -0.2) is 12.7 Å². The van der Waals surface area contributed by atoms with Crippen molar-refractivity contribution in [3.05, 3.63) is 48.0 Å².